The first-order chi connectivity index (χ1) is 6.95. The van der Waals surface area contributed by atoms with Gasteiger partial charge in [-0.3, -0.25) is 0 Å². The first-order valence-electron chi connectivity index (χ1n) is 4.95. The summed E-state index contributed by atoms with van der Waals surface area (Å²) in [7, 11) is 2.92. The number of hydrogen-bond donors (Lipinski definition) is 2. The maximum absolute atomic E-state index is 9.73. The fourth-order valence-electron chi connectivity index (χ4n) is 1.36. The molecule has 2 N–H and O–H groups in total. The highest BCUT2D eigenvalue weighted by atomic mass is 16.6. The molecule has 0 saturated heterocycles. The van der Waals surface area contributed by atoms with E-state index in [9.17, 15) is 10.2 Å². The lowest BCUT2D eigenvalue weighted by Gasteiger charge is -2.25. The normalized spacial score (nSPS) is 18.8. The summed E-state index contributed by atoms with van der Waals surface area (Å²) in [5.74, 6) is 0.136. The van der Waals surface area contributed by atoms with Crippen LogP contribution in [0.4, 0.5) is 0 Å². The fraction of sp³-hybridized carbons (Fsp3) is 0.900. The number of oxime groups is 1. The first-order valence-corrected chi connectivity index (χ1v) is 4.95. The molecule has 3 atom stereocenters. The Morgan fingerprint density at radius 3 is 1.93 bits per heavy atom. The van der Waals surface area contributed by atoms with Crippen LogP contribution in [0.25, 0.3) is 0 Å². The van der Waals surface area contributed by atoms with Gasteiger partial charge < -0.3 is 19.8 Å². The highest BCUT2D eigenvalue weighted by Crippen LogP contribution is 2.12. The highest BCUT2D eigenvalue weighted by Gasteiger charge is 2.29. The lowest BCUT2D eigenvalue weighted by Crippen LogP contribution is -2.42. The van der Waals surface area contributed by atoms with Crippen LogP contribution < -0.4 is 0 Å². The van der Waals surface area contributed by atoms with Gasteiger partial charge in [-0.25, -0.2) is 0 Å². The van der Waals surface area contributed by atoms with E-state index >= 15 is 0 Å². The van der Waals surface area contributed by atoms with E-state index in [1.807, 2.05) is 13.8 Å². The van der Waals surface area contributed by atoms with E-state index in [0.717, 1.165) is 0 Å². The van der Waals surface area contributed by atoms with Crippen LogP contribution in [0.2, 0.25) is 0 Å². The van der Waals surface area contributed by atoms with E-state index in [1.54, 1.807) is 0 Å². The summed E-state index contributed by atoms with van der Waals surface area (Å²) in [6.07, 6.45) is -2.35. The van der Waals surface area contributed by atoms with Crippen LogP contribution in [0.15, 0.2) is 5.16 Å². The van der Waals surface area contributed by atoms with Crippen molar-refractivity contribution in [1.82, 2.24) is 0 Å². The van der Waals surface area contributed by atoms with Gasteiger partial charge in [0.15, 0.2) is 0 Å². The predicted octanol–water partition coefficient (Wildman–Crippen LogP) is 0.402. The van der Waals surface area contributed by atoms with E-state index in [-0.39, 0.29) is 12.0 Å². The van der Waals surface area contributed by atoms with E-state index < -0.39 is 12.2 Å². The quantitative estimate of drug-likeness (QED) is 0.501. The minimum atomic E-state index is -1.07. The van der Waals surface area contributed by atoms with Crippen molar-refractivity contribution in [3.8, 4) is 0 Å². The molecule has 0 aliphatic heterocycles. The second-order valence-corrected chi connectivity index (χ2v) is 3.78. The van der Waals surface area contributed by atoms with Crippen LogP contribution in [0, 0.1) is 5.92 Å². The molecular weight excluding hydrogens is 198 g/mol. The Balaban J connectivity index is 4.86. The van der Waals surface area contributed by atoms with Crippen molar-refractivity contribution in [3.63, 3.8) is 0 Å². The molecule has 5 heteroatoms. The lowest BCUT2D eigenvalue weighted by atomic mass is 9.96. The predicted molar refractivity (Wildman–Crippen MR) is 57.8 cm³/mol. The Labute approximate surface area is 90.7 Å². The van der Waals surface area contributed by atoms with Crippen molar-refractivity contribution in [1.29, 1.82) is 0 Å². The summed E-state index contributed by atoms with van der Waals surface area (Å²) in [6, 6.07) is 0. The number of ether oxygens (including phenoxy) is 1. The molecule has 0 heterocycles. The van der Waals surface area contributed by atoms with Crippen molar-refractivity contribution in [2.24, 2.45) is 11.1 Å². The number of hydrogen-bond acceptors (Lipinski definition) is 5. The summed E-state index contributed by atoms with van der Waals surface area (Å²) < 4.78 is 5.22. The molecular formula is C10H21NO4. The molecule has 0 rings (SSSR count). The second kappa shape index (κ2) is 6.76. The molecule has 0 aliphatic rings. The van der Waals surface area contributed by atoms with Crippen LogP contribution >= 0.6 is 0 Å². The summed E-state index contributed by atoms with van der Waals surface area (Å²) in [5, 5.41) is 22.7. The molecule has 0 amide bonds. The standard InChI is InChI=1S/C10H21NO4/c1-6(2)10(14-4)8(11-15-5)9(13)7(3)12/h6-7,9-10,12-13H,1-5H3/b11-8+/t7-,9+,10+/m1/s1. The zero-order valence-electron chi connectivity index (χ0n) is 9.97. The van der Waals surface area contributed by atoms with Crippen LogP contribution in [0.1, 0.15) is 20.8 Å². The van der Waals surface area contributed by atoms with Crippen molar-refractivity contribution in [2.45, 2.75) is 39.1 Å². The summed E-state index contributed by atoms with van der Waals surface area (Å²) in [6.45, 7) is 5.37. The van der Waals surface area contributed by atoms with Crippen LogP contribution in [-0.2, 0) is 9.57 Å². The Morgan fingerprint density at radius 1 is 1.13 bits per heavy atom. The minimum Gasteiger partial charge on any atom is -0.399 e. The van der Waals surface area contributed by atoms with E-state index in [2.05, 4.69) is 9.99 Å². The third-order valence-electron chi connectivity index (χ3n) is 2.11. The van der Waals surface area contributed by atoms with Gasteiger partial charge in [-0.1, -0.05) is 19.0 Å². The first kappa shape index (κ1) is 14.3. The van der Waals surface area contributed by atoms with Gasteiger partial charge in [0.1, 0.15) is 25.0 Å². The monoisotopic (exact) mass is 219 g/mol. The van der Waals surface area contributed by atoms with Gasteiger partial charge in [-0.2, -0.15) is 0 Å². The van der Waals surface area contributed by atoms with Crippen LogP contribution in [-0.4, -0.2) is 48.5 Å². The summed E-state index contributed by atoms with van der Waals surface area (Å²) in [4.78, 5) is 4.65. The van der Waals surface area contributed by atoms with E-state index in [1.165, 1.54) is 21.1 Å². The Morgan fingerprint density at radius 2 is 1.67 bits per heavy atom. The van der Waals surface area contributed by atoms with Gasteiger partial charge in [0.25, 0.3) is 0 Å². The average Bonchev–Trinajstić information content (AvgIpc) is 2.15. The van der Waals surface area contributed by atoms with Crippen LogP contribution in [0.5, 0.6) is 0 Å². The molecule has 0 aromatic carbocycles. The molecule has 0 aromatic rings. The Hall–Kier alpha value is -0.650. The Kier molecular flexibility index (Phi) is 6.47. The SMILES string of the molecule is CO/N=C(/[C@@H](OC)C(C)C)[C@@H](O)[C@@H](C)O. The molecule has 90 valence electrons. The molecule has 15 heavy (non-hydrogen) atoms. The maximum Gasteiger partial charge on any atom is 0.124 e. The van der Waals surface area contributed by atoms with Crippen LogP contribution in [0.3, 0.4) is 0 Å². The van der Waals surface area contributed by atoms with Gasteiger partial charge in [0.2, 0.25) is 0 Å². The largest absolute Gasteiger partial charge is 0.399 e. The zero-order chi connectivity index (χ0) is 12.0. The molecule has 0 unspecified atom stereocenters. The molecule has 0 fully saturated rings. The molecule has 0 bridgehead atoms. The second-order valence-electron chi connectivity index (χ2n) is 3.78. The van der Waals surface area contributed by atoms with Gasteiger partial charge in [0, 0.05) is 7.11 Å². The molecule has 0 aromatic heterocycles. The fourth-order valence-corrected chi connectivity index (χ4v) is 1.36. The van der Waals surface area contributed by atoms with Crippen molar-refractivity contribution in [3.05, 3.63) is 0 Å². The number of aliphatic hydroxyl groups is 2. The highest BCUT2D eigenvalue weighted by molar-refractivity contribution is 5.92. The summed E-state index contributed by atoms with van der Waals surface area (Å²) >= 11 is 0. The van der Waals surface area contributed by atoms with E-state index in [4.69, 9.17) is 4.74 Å². The van der Waals surface area contributed by atoms with Crippen molar-refractivity contribution in [2.75, 3.05) is 14.2 Å². The lowest BCUT2D eigenvalue weighted by molar-refractivity contribution is 0.0475. The molecule has 0 aliphatic carbocycles. The number of rotatable bonds is 6. The molecule has 0 saturated carbocycles. The van der Waals surface area contributed by atoms with Gasteiger partial charge >= 0.3 is 0 Å². The number of methoxy groups -OCH3 is 1. The minimum absolute atomic E-state index is 0.136. The zero-order valence-corrected chi connectivity index (χ0v) is 9.97. The van der Waals surface area contributed by atoms with Gasteiger partial charge in [0.05, 0.1) is 6.10 Å². The smallest absolute Gasteiger partial charge is 0.124 e. The topological polar surface area (TPSA) is 71.3 Å². The third-order valence-corrected chi connectivity index (χ3v) is 2.11. The molecule has 5 nitrogen and oxygen atoms in total. The van der Waals surface area contributed by atoms with Gasteiger partial charge in [-0.05, 0) is 12.8 Å². The average molecular weight is 219 g/mol. The third kappa shape index (κ3) is 4.15. The van der Waals surface area contributed by atoms with Crippen molar-refractivity contribution >= 4 is 5.71 Å². The molecule has 0 radical (unpaired) electrons. The number of nitrogens with zero attached hydrogens (tertiary/aromatic N) is 1. The number of aliphatic hydroxyl groups excluding tert-OH is 2. The molecule has 0 spiro atoms. The van der Waals surface area contributed by atoms with Gasteiger partial charge in [-0.15, -0.1) is 0 Å². The maximum atomic E-state index is 9.73. The Bertz CT molecular complexity index is 204. The van der Waals surface area contributed by atoms with Crippen molar-refractivity contribution < 1.29 is 19.8 Å². The van der Waals surface area contributed by atoms with E-state index in [0.29, 0.717) is 5.71 Å². The summed E-state index contributed by atoms with van der Waals surface area (Å²) in [5.41, 5.74) is 0.310.